The molecule has 0 bridgehead atoms. The van der Waals surface area contributed by atoms with E-state index in [0.717, 1.165) is 5.56 Å². The number of esters is 4. The van der Waals surface area contributed by atoms with E-state index in [9.17, 15) is 29.1 Å². The molecule has 0 saturated carbocycles. The lowest BCUT2D eigenvalue weighted by atomic mass is 9.97. The fraction of sp³-hybridized carbons (Fsp3) is 0.343. The molecule has 1 amide bonds. The molecule has 0 heterocycles. The van der Waals surface area contributed by atoms with Crippen molar-refractivity contribution in [1.29, 1.82) is 0 Å². The Hall–Kier alpha value is -5.43. The van der Waals surface area contributed by atoms with Crippen LogP contribution in [0.3, 0.4) is 0 Å². The van der Waals surface area contributed by atoms with E-state index < -0.39 is 60.5 Å². The number of phenols is 1. The summed E-state index contributed by atoms with van der Waals surface area (Å²) in [6, 6.07) is 20.2. The summed E-state index contributed by atoms with van der Waals surface area (Å²) >= 11 is 0. The average Bonchev–Trinajstić information content (AvgIpc) is 3.06. The molecule has 4 N–H and O–H groups in total. The zero-order chi connectivity index (χ0) is 35.1. The highest BCUT2D eigenvalue weighted by molar-refractivity contribution is 5.96. The SMILES string of the molecule is CCOC(=O)CC(OC(=O)CNC(=O)c1cccc(OCC(=O)OCc2ccccc2)c1)C(C)(C)OC(=O)[C@@H](N)Cc1ccc(O)cc1. The van der Waals surface area contributed by atoms with Crippen LogP contribution in [0.1, 0.15) is 48.7 Å². The van der Waals surface area contributed by atoms with E-state index in [1.165, 1.54) is 44.2 Å². The van der Waals surface area contributed by atoms with Crippen LogP contribution in [0.5, 0.6) is 11.5 Å². The van der Waals surface area contributed by atoms with Gasteiger partial charge in [0.15, 0.2) is 12.7 Å². The first kappa shape index (κ1) is 37.0. The number of nitrogens with two attached hydrogens (primary N) is 1. The second-order valence-electron chi connectivity index (χ2n) is 11.1. The normalized spacial score (nSPS) is 12.2. The van der Waals surface area contributed by atoms with Gasteiger partial charge >= 0.3 is 23.9 Å². The van der Waals surface area contributed by atoms with Gasteiger partial charge in [-0.1, -0.05) is 48.5 Å². The monoisotopic (exact) mass is 664 g/mol. The topological polar surface area (TPSA) is 190 Å². The molecule has 0 fully saturated rings. The van der Waals surface area contributed by atoms with Crippen molar-refractivity contribution in [3.63, 3.8) is 0 Å². The van der Waals surface area contributed by atoms with Gasteiger partial charge in [0, 0.05) is 5.56 Å². The van der Waals surface area contributed by atoms with Crippen molar-refractivity contribution >= 4 is 29.8 Å². The number of rotatable bonds is 17. The van der Waals surface area contributed by atoms with Crippen molar-refractivity contribution in [3.8, 4) is 11.5 Å². The summed E-state index contributed by atoms with van der Waals surface area (Å²) in [4.78, 5) is 62.9. The lowest BCUT2D eigenvalue weighted by molar-refractivity contribution is -0.185. The van der Waals surface area contributed by atoms with Gasteiger partial charge in [0.2, 0.25) is 0 Å². The highest BCUT2D eigenvalue weighted by Crippen LogP contribution is 2.23. The molecular formula is C35H40N2O11. The fourth-order valence-corrected chi connectivity index (χ4v) is 4.27. The lowest BCUT2D eigenvalue weighted by Crippen LogP contribution is -2.49. The molecule has 3 aromatic rings. The Balaban J connectivity index is 1.54. The van der Waals surface area contributed by atoms with Crippen LogP contribution in [-0.2, 0) is 51.2 Å². The van der Waals surface area contributed by atoms with Crippen molar-refractivity contribution in [2.75, 3.05) is 19.8 Å². The number of benzene rings is 3. The molecule has 256 valence electrons. The van der Waals surface area contributed by atoms with Crippen LogP contribution < -0.4 is 15.8 Å². The number of hydrogen-bond acceptors (Lipinski definition) is 12. The molecule has 3 rings (SSSR count). The minimum absolute atomic E-state index is 0.0623. The first-order chi connectivity index (χ1) is 22.9. The molecule has 48 heavy (non-hydrogen) atoms. The average molecular weight is 665 g/mol. The highest BCUT2D eigenvalue weighted by Gasteiger charge is 2.39. The summed E-state index contributed by atoms with van der Waals surface area (Å²) in [6.07, 6.45) is -1.62. The number of aromatic hydroxyl groups is 1. The van der Waals surface area contributed by atoms with E-state index in [4.69, 9.17) is 29.4 Å². The summed E-state index contributed by atoms with van der Waals surface area (Å²) < 4.78 is 26.7. The van der Waals surface area contributed by atoms with Gasteiger partial charge in [-0.2, -0.15) is 0 Å². The first-order valence-electron chi connectivity index (χ1n) is 15.2. The van der Waals surface area contributed by atoms with Gasteiger partial charge in [0.1, 0.15) is 36.3 Å². The molecule has 3 aromatic carbocycles. The number of ether oxygens (including phenoxy) is 5. The minimum Gasteiger partial charge on any atom is -0.508 e. The van der Waals surface area contributed by atoms with Crippen molar-refractivity contribution in [2.24, 2.45) is 5.73 Å². The Morgan fingerprint density at radius 1 is 0.854 bits per heavy atom. The Morgan fingerprint density at radius 2 is 1.56 bits per heavy atom. The number of hydrogen-bond donors (Lipinski definition) is 3. The first-order valence-corrected chi connectivity index (χ1v) is 15.2. The smallest absolute Gasteiger partial charge is 0.344 e. The van der Waals surface area contributed by atoms with Crippen molar-refractivity contribution in [3.05, 3.63) is 95.6 Å². The molecule has 2 atom stereocenters. The second-order valence-corrected chi connectivity index (χ2v) is 11.1. The minimum atomic E-state index is -1.52. The third-order valence-corrected chi connectivity index (χ3v) is 6.85. The Labute approximate surface area is 278 Å². The Bertz CT molecular complexity index is 1540. The van der Waals surface area contributed by atoms with E-state index >= 15 is 0 Å². The molecule has 1 unspecified atom stereocenters. The number of amides is 1. The summed E-state index contributed by atoms with van der Waals surface area (Å²) in [7, 11) is 0. The van der Waals surface area contributed by atoms with E-state index in [0.29, 0.717) is 5.56 Å². The predicted octanol–water partition coefficient (Wildman–Crippen LogP) is 3.00. The molecule has 0 spiro atoms. The van der Waals surface area contributed by atoms with E-state index in [1.807, 2.05) is 30.3 Å². The lowest BCUT2D eigenvalue weighted by Gasteiger charge is -2.33. The highest BCUT2D eigenvalue weighted by atomic mass is 16.6. The number of carbonyl (C=O) groups is 5. The van der Waals surface area contributed by atoms with Crippen LogP contribution in [0.2, 0.25) is 0 Å². The van der Waals surface area contributed by atoms with Crippen LogP contribution in [0.15, 0.2) is 78.9 Å². The van der Waals surface area contributed by atoms with Crippen LogP contribution in [0.25, 0.3) is 0 Å². The molecule has 13 heteroatoms. The zero-order valence-electron chi connectivity index (χ0n) is 27.0. The molecule has 0 aromatic heterocycles. The van der Waals surface area contributed by atoms with Gasteiger partial charge < -0.3 is 39.8 Å². The van der Waals surface area contributed by atoms with Gasteiger partial charge in [-0.3, -0.25) is 19.2 Å². The maximum absolute atomic E-state index is 12.9. The number of carbonyl (C=O) groups excluding carboxylic acids is 5. The molecule has 0 aliphatic heterocycles. The Kier molecular flexibility index (Phi) is 13.9. The molecule has 0 aliphatic rings. The van der Waals surface area contributed by atoms with Gasteiger partial charge in [-0.25, -0.2) is 4.79 Å². The quantitative estimate of drug-likeness (QED) is 0.142. The van der Waals surface area contributed by atoms with E-state index in [-0.39, 0.29) is 43.3 Å². The molecule has 0 saturated heterocycles. The van der Waals surface area contributed by atoms with Crippen LogP contribution in [-0.4, -0.2) is 72.4 Å². The second kappa shape index (κ2) is 18.0. The van der Waals surface area contributed by atoms with Gasteiger partial charge in [-0.15, -0.1) is 0 Å². The van der Waals surface area contributed by atoms with Crippen molar-refractivity contribution in [1.82, 2.24) is 5.32 Å². The number of phenolic OH excluding ortho intramolecular Hbond substituents is 1. The molecule has 0 radical (unpaired) electrons. The van der Waals surface area contributed by atoms with Crippen LogP contribution in [0.4, 0.5) is 0 Å². The summed E-state index contributed by atoms with van der Waals surface area (Å²) in [6.45, 7) is 3.72. The fourth-order valence-electron chi connectivity index (χ4n) is 4.27. The molecule has 0 aliphatic carbocycles. The third-order valence-electron chi connectivity index (χ3n) is 6.85. The molecular weight excluding hydrogens is 624 g/mol. The van der Waals surface area contributed by atoms with Gasteiger partial charge in [0.25, 0.3) is 5.91 Å². The third kappa shape index (κ3) is 12.4. The summed E-state index contributed by atoms with van der Waals surface area (Å²) in [5, 5.41) is 11.9. The summed E-state index contributed by atoms with van der Waals surface area (Å²) in [5.41, 5.74) is 6.16. The largest absolute Gasteiger partial charge is 0.508 e. The summed E-state index contributed by atoms with van der Waals surface area (Å²) in [5.74, 6) is -3.37. The van der Waals surface area contributed by atoms with Crippen LogP contribution >= 0.6 is 0 Å². The predicted molar refractivity (Wildman–Crippen MR) is 172 cm³/mol. The zero-order valence-corrected chi connectivity index (χ0v) is 27.0. The maximum atomic E-state index is 12.9. The van der Waals surface area contributed by atoms with Gasteiger partial charge in [-0.05, 0) is 68.7 Å². The Morgan fingerprint density at radius 3 is 2.25 bits per heavy atom. The van der Waals surface area contributed by atoms with Crippen molar-refractivity contribution in [2.45, 2.75) is 58.0 Å². The number of nitrogens with one attached hydrogen (secondary N) is 1. The molecule has 13 nitrogen and oxygen atoms in total. The van der Waals surface area contributed by atoms with E-state index in [2.05, 4.69) is 5.32 Å². The van der Waals surface area contributed by atoms with E-state index in [1.54, 1.807) is 25.1 Å². The standard InChI is InChI=1S/C35H40N2O11/c1-4-44-30(39)19-29(35(2,3)48-34(43)28(36)17-23-13-15-26(38)16-14-23)47-31(40)20-37-33(42)25-11-8-12-27(18-25)45-22-32(41)46-21-24-9-6-5-7-10-24/h5-16,18,28-29,38H,4,17,19-22,36H2,1-3H3,(H,37,42)/t28-,29?/m0/s1. The maximum Gasteiger partial charge on any atom is 0.344 e. The van der Waals surface area contributed by atoms with Crippen LogP contribution in [0, 0.1) is 0 Å². The van der Waals surface area contributed by atoms with Crippen molar-refractivity contribution < 1.29 is 52.8 Å². The van der Waals surface area contributed by atoms with Gasteiger partial charge in [0.05, 0.1) is 13.0 Å².